The lowest BCUT2D eigenvalue weighted by molar-refractivity contribution is -0.128. The second kappa shape index (κ2) is 7.49. The van der Waals surface area contributed by atoms with Crippen LogP contribution < -0.4 is 15.4 Å². The second-order valence-corrected chi connectivity index (χ2v) is 6.20. The van der Waals surface area contributed by atoms with E-state index in [0.29, 0.717) is 13.0 Å². The highest BCUT2D eigenvalue weighted by molar-refractivity contribution is 5.81. The van der Waals surface area contributed by atoms with Crippen LogP contribution in [0.15, 0.2) is 42.5 Å². The van der Waals surface area contributed by atoms with Crippen molar-refractivity contribution in [3.05, 3.63) is 64.7 Å². The second-order valence-electron chi connectivity index (χ2n) is 6.20. The highest BCUT2D eigenvalue weighted by atomic mass is 16.5. The van der Waals surface area contributed by atoms with Gasteiger partial charge in [0.05, 0.1) is 0 Å². The monoisotopic (exact) mass is 324 g/mol. The molecule has 0 bridgehead atoms. The average molecular weight is 324 g/mol. The van der Waals surface area contributed by atoms with Gasteiger partial charge in [0, 0.05) is 19.6 Å². The van der Waals surface area contributed by atoms with E-state index in [1.54, 1.807) is 0 Å². The standard InChI is InChI=1S/C20H24N2O2/c1-3-18(24-19-7-5-4-6-14(19)2)20(23)22-11-15-8-9-16-12-21-13-17(16)10-15/h4-10,18,21H,3,11-13H2,1-2H3,(H,22,23). The molecule has 4 heteroatoms. The smallest absolute Gasteiger partial charge is 0.261 e. The van der Waals surface area contributed by atoms with Crippen molar-refractivity contribution in [2.24, 2.45) is 0 Å². The van der Waals surface area contributed by atoms with Crippen LogP contribution in [0.1, 0.15) is 35.6 Å². The molecule has 2 aromatic carbocycles. The van der Waals surface area contributed by atoms with Crippen molar-refractivity contribution in [2.45, 2.75) is 46.0 Å². The Morgan fingerprint density at radius 1 is 1.21 bits per heavy atom. The lowest BCUT2D eigenvalue weighted by atomic mass is 10.1. The number of ether oxygens (including phenoxy) is 1. The van der Waals surface area contributed by atoms with Crippen LogP contribution in [0.4, 0.5) is 0 Å². The van der Waals surface area contributed by atoms with Crippen LogP contribution in [-0.4, -0.2) is 12.0 Å². The molecule has 3 rings (SSSR count). The van der Waals surface area contributed by atoms with Crippen LogP contribution in [0.3, 0.4) is 0 Å². The van der Waals surface area contributed by atoms with Crippen LogP contribution in [-0.2, 0) is 24.4 Å². The molecule has 1 atom stereocenters. The number of benzene rings is 2. The molecular weight excluding hydrogens is 300 g/mol. The number of fused-ring (bicyclic) bond motifs is 1. The van der Waals surface area contributed by atoms with E-state index in [0.717, 1.165) is 30.0 Å². The Morgan fingerprint density at radius 2 is 2.00 bits per heavy atom. The maximum absolute atomic E-state index is 12.4. The van der Waals surface area contributed by atoms with Gasteiger partial charge in [-0.05, 0) is 41.7 Å². The molecule has 1 unspecified atom stereocenters. The third-order valence-electron chi connectivity index (χ3n) is 4.39. The van der Waals surface area contributed by atoms with Crippen molar-refractivity contribution < 1.29 is 9.53 Å². The number of carbonyl (C=O) groups excluding carboxylic acids is 1. The van der Waals surface area contributed by atoms with Crippen molar-refractivity contribution in [3.63, 3.8) is 0 Å². The molecule has 0 fully saturated rings. The van der Waals surface area contributed by atoms with Crippen molar-refractivity contribution in [3.8, 4) is 5.75 Å². The summed E-state index contributed by atoms with van der Waals surface area (Å²) in [6, 6.07) is 14.2. The van der Waals surface area contributed by atoms with E-state index in [1.807, 2.05) is 38.1 Å². The highest BCUT2D eigenvalue weighted by Gasteiger charge is 2.19. The number of amides is 1. The van der Waals surface area contributed by atoms with Gasteiger partial charge in [0.15, 0.2) is 6.10 Å². The maximum atomic E-state index is 12.4. The third-order valence-corrected chi connectivity index (χ3v) is 4.39. The zero-order chi connectivity index (χ0) is 16.9. The van der Waals surface area contributed by atoms with Crippen LogP contribution in [0.25, 0.3) is 0 Å². The SMILES string of the molecule is CCC(Oc1ccccc1C)C(=O)NCc1ccc2c(c1)CNC2. The van der Waals surface area contributed by atoms with Gasteiger partial charge in [0.2, 0.25) is 0 Å². The van der Waals surface area contributed by atoms with E-state index < -0.39 is 6.10 Å². The summed E-state index contributed by atoms with van der Waals surface area (Å²) in [5.41, 5.74) is 4.83. The predicted octanol–water partition coefficient (Wildman–Crippen LogP) is 3.07. The van der Waals surface area contributed by atoms with Crippen LogP contribution >= 0.6 is 0 Å². The van der Waals surface area contributed by atoms with E-state index in [-0.39, 0.29) is 5.91 Å². The summed E-state index contributed by atoms with van der Waals surface area (Å²) >= 11 is 0. The zero-order valence-corrected chi connectivity index (χ0v) is 14.3. The summed E-state index contributed by atoms with van der Waals surface area (Å²) in [4.78, 5) is 12.4. The Kier molecular flexibility index (Phi) is 5.16. The molecule has 1 aliphatic heterocycles. The molecule has 0 saturated carbocycles. The predicted molar refractivity (Wildman–Crippen MR) is 94.7 cm³/mol. The van der Waals surface area contributed by atoms with Crippen LogP contribution in [0.5, 0.6) is 5.75 Å². The average Bonchev–Trinajstić information content (AvgIpc) is 3.06. The van der Waals surface area contributed by atoms with Crippen molar-refractivity contribution >= 4 is 5.91 Å². The summed E-state index contributed by atoms with van der Waals surface area (Å²) in [5.74, 6) is 0.697. The van der Waals surface area contributed by atoms with E-state index in [2.05, 4.69) is 28.8 Å². The summed E-state index contributed by atoms with van der Waals surface area (Å²) in [6.07, 6.45) is 0.163. The number of rotatable bonds is 6. The van der Waals surface area contributed by atoms with Crippen LogP contribution in [0, 0.1) is 6.92 Å². The summed E-state index contributed by atoms with van der Waals surface area (Å²) in [5, 5.41) is 6.33. The normalized spacial score (nSPS) is 14.1. The Morgan fingerprint density at radius 3 is 2.79 bits per heavy atom. The molecule has 2 aromatic rings. The summed E-state index contributed by atoms with van der Waals surface area (Å²) < 4.78 is 5.90. The van der Waals surface area contributed by atoms with Gasteiger partial charge in [-0.1, -0.05) is 43.3 Å². The van der Waals surface area contributed by atoms with Gasteiger partial charge in [-0.2, -0.15) is 0 Å². The Hall–Kier alpha value is -2.33. The van der Waals surface area contributed by atoms with Gasteiger partial charge in [-0.25, -0.2) is 0 Å². The van der Waals surface area contributed by atoms with Gasteiger partial charge in [0.25, 0.3) is 5.91 Å². The first-order chi connectivity index (χ1) is 11.7. The molecule has 4 nitrogen and oxygen atoms in total. The van der Waals surface area contributed by atoms with Gasteiger partial charge in [-0.15, -0.1) is 0 Å². The topological polar surface area (TPSA) is 50.4 Å². The molecule has 2 N–H and O–H groups in total. The summed E-state index contributed by atoms with van der Waals surface area (Å²) in [6.45, 7) is 6.32. The van der Waals surface area contributed by atoms with Gasteiger partial charge in [0.1, 0.15) is 5.75 Å². The first-order valence-corrected chi connectivity index (χ1v) is 8.48. The molecule has 0 saturated heterocycles. The minimum absolute atomic E-state index is 0.0700. The van der Waals surface area contributed by atoms with Gasteiger partial charge < -0.3 is 15.4 Å². The van der Waals surface area contributed by atoms with Crippen molar-refractivity contribution in [1.29, 1.82) is 0 Å². The minimum Gasteiger partial charge on any atom is -0.480 e. The van der Waals surface area contributed by atoms with E-state index >= 15 is 0 Å². The van der Waals surface area contributed by atoms with E-state index in [9.17, 15) is 4.79 Å². The number of para-hydroxylation sites is 1. The summed E-state index contributed by atoms with van der Waals surface area (Å²) in [7, 11) is 0. The zero-order valence-electron chi connectivity index (χ0n) is 14.3. The number of hydrogen-bond acceptors (Lipinski definition) is 3. The van der Waals surface area contributed by atoms with E-state index in [4.69, 9.17) is 4.74 Å². The molecule has 0 aromatic heterocycles. The van der Waals surface area contributed by atoms with Crippen molar-refractivity contribution in [2.75, 3.05) is 0 Å². The molecule has 0 aliphatic carbocycles. The molecule has 24 heavy (non-hydrogen) atoms. The first-order valence-electron chi connectivity index (χ1n) is 8.48. The fourth-order valence-electron chi connectivity index (χ4n) is 2.93. The fourth-order valence-corrected chi connectivity index (χ4v) is 2.93. The molecule has 0 radical (unpaired) electrons. The highest BCUT2D eigenvalue weighted by Crippen LogP contribution is 2.19. The number of aryl methyl sites for hydroxylation is 1. The molecule has 1 aliphatic rings. The van der Waals surface area contributed by atoms with Gasteiger partial charge in [-0.3, -0.25) is 4.79 Å². The molecule has 0 spiro atoms. The number of nitrogens with one attached hydrogen (secondary N) is 2. The lowest BCUT2D eigenvalue weighted by Crippen LogP contribution is -2.37. The Labute approximate surface area is 143 Å². The van der Waals surface area contributed by atoms with Crippen LogP contribution in [0.2, 0.25) is 0 Å². The maximum Gasteiger partial charge on any atom is 0.261 e. The Balaban J connectivity index is 1.59. The molecule has 1 amide bonds. The minimum atomic E-state index is -0.470. The number of carbonyl (C=O) groups is 1. The molecule has 1 heterocycles. The number of hydrogen-bond donors (Lipinski definition) is 2. The quantitative estimate of drug-likeness (QED) is 0.858. The third kappa shape index (κ3) is 3.77. The lowest BCUT2D eigenvalue weighted by Gasteiger charge is -2.18. The molecular formula is C20H24N2O2. The van der Waals surface area contributed by atoms with Gasteiger partial charge >= 0.3 is 0 Å². The molecule has 126 valence electrons. The fraction of sp³-hybridized carbons (Fsp3) is 0.350. The van der Waals surface area contributed by atoms with E-state index in [1.165, 1.54) is 11.1 Å². The first kappa shape index (κ1) is 16.5. The Bertz CT molecular complexity index is 727. The largest absolute Gasteiger partial charge is 0.480 e. The van der Waals surface area contributed by atoms with Crippen molar-refractivity contribution in [1.82, 2.24) is 10.6 Å².